The van der Waals surface area contributed by atoms with Gasteiger partial charge in [0.05, 0.1) is 12.7 Å². The zero-order chi connectivity index (χ0) is 22.2. The monoisotopic (exact) mass is 389 g/mol. The summed E-state index contributed by atoms with van der Waals surface area (Å²) < 4.78 is 46.7. The molecule has 3 heterocycles. The van der Waals surface area contributed by atoms with E-state index in [9.17, 15) is 0 Å². The molecule has 1 atom stereocenters. The minimum Gasteiger partial charge on any atom is -0.496 e. The third-order valence-electron chi connectivity index (χ3n) is 6.06. The van der Waals surface area contributed by atoms with Gasteiger partial charge in [0, 0.05) is 34.3 Å². The van der Waals surface area contributed by atoms with E-state index in [0.29, 0.717) is 23.7 Å². The first-order chi connectivity index (χ1) is 14.7. The number of hydrogen-bond acceptors (Lipinski definition) is 4. The van der Waals surface area contributed by atoms with Crippen molar-refractivity contribution in [1.82, 2.24) is 4.98 Å². The molecule has 4 rings (SSSR count). The first-order valence-electron chi connectivity index (χ1n) is 11.9. The van der Waals surface area contributed by atoms with Gasteiger partial charge in [0.25, 0.3) is 0 Å². The van der Waals surface area contributed by atoms with E-state index in [0.717, 1.165) is 37.8 Å². The molecule has 0 N–H and O–H groups in total. The van der Waals surface area contributed by atoms with E-state index in [1.807, 2.05) is 18.2 Å². The summed E-state index contributed by atoms with van der Waals surface area (Å²) in [5.74, 6) is 0.487. The van der Waals surface area contributed by atoms with E-state index < -0.39 is 18.2 Å². The molecule has 2 fully saturated rings. The Kier molecular flexibility index (Phi) is 4.49. The summed E-state index contributed by atoms with van der Waals surface area (Å²) in [6.45, 7) is 0.596. The van der Waals surface area contributed by atoms with Crippen molar-refractivity contribution in [2.75, 3.05) is 13.7 Å². The summed E-state index contributed by atoms with van der Waals surface area (Å²) in [6.07, 6.45) is 4.03. The Morgan fingerprint density at radius 2 is 2.15 bits per heavy atom. The second kappa shape index (κ2) is 8.32. The summed E-state index contributed by atoms with van der Waals surface area (Å²) >= 11 is 1.28. The number of pyridine rings is 1. The molecule has 1 aliphatic carbocycles. The third-order valence-corrected chi connectivity index (χ3v) is 6.91. The van der Waals surface area contributed by atoms with Crippen molar-refractivity contribution in [3.8, 4) is 5.75 Å². The molecule has 2 aliphatic rings. The normalized spacial score (nSPS) is 27.6. The van der Waals surface area contributed by atoms with Crippen molar-refractivity contribution in [3.63, 3.8) is 0 Å². The average Bonchev–Trinajstić information content (AvgIpc) is 3.37. The second-order valence-corrected chi connectivity index (χ2v) is 8.68. The number of ether oxygens (including phenoxy) is 2. The van der Waals surface area contributed by atoms with Crippen molar-refractivity contribution >= 4 is 11.3 Å². The van der Waals surface area contributed by atoms with Crippen LogP contribution in [-0.2, 0) is 16.5 Å². The lowest BCUT2D eigenvalue weighted by molar-refractivity contribution is -0.104. The fourth-order valence-corrected chi connectivity index (χ4v) is 5.48. The predicted molar refractivity (Wildman–Crippen MR) is 111 cm³/mol. The molecule has 1 saturated carbocycles. The van der Waals surface area contributed by atoms with Crippen LogP contribution in [0.15, 0.2) is 35.8 Å². The Bertz CT molecular complexity index is 883. The zero-order valence-corrected chi connectivity index (χ0v) is 16.8. The van der Waals surface area contributed by atoms with Crippen molar-refractivity contribution in [1.29, 1.82) is 0 Å². The summed E-state index contributed by atoms with van der Waals surface area (Å²) in [6, 6.07) is 7.59. The van der Waals surface area contributed by atoms with Crippen LogP contribution in [-0.4, -0.2) is 24.3 Å². The molecule has 27 heavy (non-hydrogen) atoms. The van der Waals surface area contributed by atoms with Crippen LogP contribution in [0.3, 0.4) is 0 Å². The SMILES string of the molecule is [2H]C([2H])(CC([2H])([2H])c1sccc1OC)C[C@@]1(c2ccccn2)CCOC2(CCCC2)C1. The highest BCUT2D eigenvalue weighted by Crippen LogP contribution is 2.50. The Morgan fingerprint density at radius 1 is 1.26 bits per heavy atom. The number of rotatable bonds is 7. The number of aryl methyl sites for hydroxylation is 1. The standard InChI is InChI=1S/C23H31NO2S/c1-25-19-10-17-27-20(19)8-2-4-11-22(21-9-3-7-15-24-21)14-16-26-23(18-22)12-5-6-13-23/h3,7,9-10,15,17H,2,4-6,8,11-14,16,18H2,1H3/t22-/m1/s1/i4D2,8D2. The van der Waals surface area contributed by atoms with Crippen LogP contribution in [0, 0.1) is 0 Å². The Hall–Kier alpha value is -1.39. The number of methoxy groups -OCH3 is 1. The molecule has 0 bridgehead atoms. The number of thiophene rings is 1. The molecule has 1 aliphatic heterocycles. The summed E-state index contributed by atoms with van der Waals surface area (Å²) in [5, 5.41) is 1.79. The maximum absolute atomic E-state index is 8.90. The molecule has 146 valence electrons. The fourth-order valence-electron chi connectivity index (χ4n) is 4.73. The van der Waals surface area contributed by atoms with E-state index in [4.69, 9.17) is 15.0 Å². The lowest BCUT2D eigenvalue weighted by Gasteiger charge is -2.46. The van der Waals surface area contributed by atoms with Crippen molar-refractivity contribution in [2.45, 2.75) is 75.1 Å². The van der Waals surface area contributed by atoms with Gasteiger partial charge in [0.1, 0.15) is 5.75 Å². The van der Waals surface area contributed by atoms with Crippen LogP contribution < -0.4 is 4.74 Å². The molecule has 4 heteroatoms. The Balaban J connectivity index is 1.63. The highest BCUT2D eigenvalue weighted by atomic mass is 32.1. The summed E-state index contributed by atoms with van der Waals surface area (Å²) in [4.78, 5) is 5.10. The van der Waals surface area contributed by atoms with Crippen molar-refractivity contribution in [3.05, 3.63) is 46.4 Å². The second-order valence-electron chi connectivity index (χ2n) is 7.76. The van der Waals surface area contributed by atoms with Gasteiger partial charge in [-0.15, -0.1) is 11.3 Å². The largest absolute Gasteiger partial charge is 0.496 e. The lowest BCUT2D eigenvalue weighted by Crippen LogP contribution is -2.46. The predicted octanol–water partition coefficient (Wildman–Crippen LogP) is 5.93. The number of aromatic nitrogens is 1. The van der Waals surface area contributed by atoms with Gasteiger partial charge in [-0.05, 0) is 68.5 Å². The van der Waals surface area contributed by atoms with Crippen LogP contribution in [0.25, 0.3) is 0 Å². The van der Waals surface area contributed by atoms with Gasteiger partial charge in [0.15, 0.2) is 0 Å². The third kappa shape index (κ3) is 4.07. The van der Waals surface area contributed by atoms with Gasteiger partial charge in [-0.25, -0.2) is 0 Å². The molecule has 0 amide bonds. The molecule has 0 unspecified atom stereocenters. The van der Waals surface area contributed by atoms with Crippen LogP contribution in [0.5, 0.6) is 5.75 Å². The summed E-state index contributed by atoms with van der Waals surface area (Å²) in [5.41, 5.74) is 0.257. The van der Waals surface area contributed by atoms with Gasteiger partial charge < -0.3 is 9.47 Å². The minimum atomic E-state index is -1.81. The van der Waals surface area contributed by atoms with E-state index in [2.05, 4.69) is 4.98 Å². The quantitative estimate of drug-likeness (QED) is 0.588. The first kappa shape index (κ1) is 14.6. The van der Waals surface area contributed by atoms with Crippen molar-refractivity contribution in [2.24, 2.45) is 0 Å². The maximum Gasteiger partial charge on any atom is 0.132 e. The van der Waals surface area contributed by atoms with Crippen LogP contribution in [0.1, 0.15) is 73.8 Å². The van der Waals surface area contributed by atoms with Gasteiger partial charge in [-0.1, -0.05) is 25.3 Å². The fraction of sp³-hybridized carbons (Fsp3) is 0.609. The average molecular weight is 390 g/mol. The Morgan fingerprint density at radius 3 is 2.93 bits per heavy atom. The molecule has 2 aromatic heterocycles. The molecule has 3 nitrogen and oxygen atoms in total. The van der Waals surface area contributed by atoms with Gasteiger partial charge in [-0.3, -0.25) is 4.98 Å². The van der Waals surface area contributed by atoms with E-state index in [1.54, 1.807) is 17.6 Å². The molecule has 1 spiro atoms. The van der Waals surface area contributed by atoms with Crippen molar-refractivity contribution < 1.29 is 15.0 Å². The highest BCUT2D eigenvalue weighted by molar-refractivity contribution is 7.10. The van der Waals surface area contributed by atoms with Crippen LogP contribution in [0.2, 0.25) is 0 Å². The van der Waals surface area contributed by atoms with E-state index in [-0.39, 0.29) is 18.4 Å². The zero-order valence-electron chi connectivity index (χ0n) is 20.0. The summed E-state index contributed by atoms with van der Waals surface area (Å²) in [7, 11) is 1.52. The van der Waals surface area contributed by atoms with Gasteiger partial charge in [0.2, 0.25) is 0 Å². The molecular formula is C23H31NO2S. The molecule has 0 aromatic carbocycles. The smallest absolute Gasteiger partial charge is 0.132 e. The van der Waals surface area contributed by atoms with Crippen LogP contribution in [0.4, 0.5) is 0 Å². The molecule has 0 radical (unpaired) electrons. The van der Waals surface area contributed by atoms with Gasteiger partial charge in [-0.2, -0.15) is 0 Å². The highest BCUT2D eigenvalue weighted by Gasteiger charge is 2.48. The topological polar surface area (TPSA) is 31.4 Å². The molecular weight excluding hydrogens is 354 g/mol. The lowest BCUT2D eigenvalue weighted by atomic mass is 9.67. The molecule has 1 saturated heterocycles. The van der Waals surface area contributed by atoms with Gasteiger partial charge >= 0.3 is 0 Å². The van der Waals surface area contributed by atoms with Crippen LogP contribution >= 0.6 is 11.3 Å². The maximum atomic E-state index is 8.90. The first-order valence-corrected chi connectivity index (χ1v) is 10.7. The number of nitrogens with zero attached hydrogens (tertiary/aromatic N) is 1. The molecule has 2 aromatic rings. The van der Waals surface area contributed by atoms with E-state index >= 15 is 0 Å². The van der Waals surface area contributed by atoms with E-state index in [1.165, 1.54) is 18.4 Å². The Labute approximate surface area is 172 Å². The minimum absolute atomic E-state index is 0.193. The number of hydrogen-bond donors (Lipinski definition) is 0.